The van der Waals surface area contributed by atoms with Gasteiger partial charge in [0.25, 0.3) is 11.5 Å². The molecule has 1 amide bonds. The molecule has 0 aliphatic carbocycles. The van der Waals surface area contributed by atoms with Crippen LogP contribution in [0.3, 0.4) is 0 Å². The molecule has 3 aromatic rings. The number of hydrogen-bond donors (Lipinski definition) is 1. The van der Waals surface area contributed by atoms with E-state index in [4.69, 9.17) is 23.2 Å². The maximum atomic E-state index is 12.2. The Morgan fingerprint density at radius 2 is 2.08 bits per heavy atom. The van der Waals surface area contributed by atoms with Crippen molar-refractivity contribution in [1.82, 2.24) is 14.8 Å². The molecule has 9 heteroatoms. The second kappa shape index (κ2) is 7.35. The molecule has 0 unspecified atom stereocenters. The number of thiazole rings is 1. The van der Waals surface area contributed by atoms with Crippen molar-refractivity contribution in [2.24, 2.45) is 7.05 Å². The second-order valence-electron chi connectivity index (χ2n) is 5.18. The number of aromatic nitrogens is 3. The van der Waals surface area contributed by atoms with E-state index in [1.165, 1.54) is 30.5 Å². The molecule has 0 radical (unpaired) electrons. The standard InChI is InChI=1S/C16H12Cl2N4O2S/c1-22-14(23)5-4-13(21-22)15(24)20-16-19-8-11(25-16)7-9-6-10(17)2-3-12(9)18/h2-6,8H,7H2,1H3,(H,19,20,24). The summed E-state index contributed by atoms with van der Waals surface area (Å²) in [5, 5.41) is 8.24. The summed E-state index contributed by atoms with van der Waals surface area (Å²) in [7, 11) is 1.48. The van der Waals surface area contributed by atoms with Crippen LogP contribution in [0.5, 0.6) is 0 Å². The van der Waals surface area contributed by atoms with Gasteiger partial charge in [0, 0.05) is 40.7 Å². The van der Waals surface area contributed by atoms with Gasteiger partial charge >= 0.3 is 0 Å². The zero-order valence-corrected chi connectivity index (χ0v) is 15.3. The largest absolute Gasteiger partial charge is 0.296 e. The molecule has 2 heterocycles. The highest BCUT2D eigenvalue weighted by atomic mass is 35.5. The van der Waals surface area contributed by atoms with E-state index in [0.29, 0.717) is 21.6 Å². The quantitative estimate of drug-likeness (QED) is 0.735. The van der Waals surface area contributed by atoms with Gasteiger partial charge in [-0.05, 0) is 29.8 Å². The monoisotopic (exact) mass is 394 g/mol. The number of carbonyl (C=O) groups is 1. The number of rotatable bonds is 4. The molecule has 25 heavy (non-hydrogen) atoms. The van der Waals surface area contributed by atoms with Gasteiger partial charge in [0.15, 0.2) is 5.13 Å². The lowest BCUT2D eigenvalue weighted by atomic mass is 10.1. The highest BCUT2D eigenvalue weighted by molar-refractivity contribution is 7.15. The summed E-state index contributed by atoms with van der Waals surface area (Å²) >= 11 is 13.5. The van der Waals surface area contributed by atoms with Gasteiger partial charge in [0.1, 0.15) is 5.69 Å². The molecule has 1 N–H and O–H groups in total. The molecule has 0 aliphatic heterocycles. The summed E-state index contributed by atoms with van der Waals surface area (Å²) in [4.78, 5) is 28.6. The Kier molecular flexibility index (Phi) is 5.17. The zero-order chi connectivity index (χ0) is 18.0. The average Bonchev–Trinajstić information content (AvgIpc) is 3.00. The molecular weight excluding hydrogens is 383 g/mol. The van der Waals surface area contributed by atoms with Gasteiger partial charge in [-0.15, -0.1) is 11.3 Å². The van der Waals surface area contributed by atoms with Gasteiger partial charge in [-0.3, -0.25) is 14.9 Å². The van der Waals surface area contributed by atoms with Crippen molar-refractivity contribution in [2.45, 2.75) is 6.42 Å². The van der Waals surface area contributed by atoms with Crippen molar-refractivity contribution in [3.63, 3.8) is 0 Å². The van der Waals surface area contributed by atoms with Crippen molar-refractivity contribution < 1.29 is 4.79 Å². The van der Waals surface area contributed by atoms with Gasteiger partial charge < -0.3 is 0 Å². The first-order valence-corrected chi connectivity index (χ1v) is 8.74. The average molecular weight is 395 g/mol. The molecule has 6 nitrogen and oxygen atoms in total. The summed E-state index contributed by atoms with van der Waals surface area (Å²) in [6, 6.07) is 7.94. The van der Waals surface area contributed by atoms with Crippen LogP contribution in [-0.2, 0) is 13.5 Å². The van der Waals surface area contributed by atoms with E-state index in [2.05, 4.69) is 15.4 Å². The van der Waals surface area contributed by atoms with Crippen LogP contribution in [0.15, 0.2) is 41.3 Å². The topological polar surface area (TPSA) is 76.9 Å². The highest BCUT2D eigenvalue weighted by Gasteiger charge is 2.12. The molecular formula is C16H12Cl2N4O2S. The Morgan fingerprint density at radius 3 is 2.84 bits per heavy atom. The van der Waals surface area contributed by atoms with Crippen molar-refractivity contribution in [3.05, 3.63) is 73.1 Å². The molecule has 3 rings (SSSR count). The number of nitrogens with one attached hydrogen (secondary N) is 1. The van der Waals surface area contributed by atoms with Crippen LogP contribution in [0.4, 0.5) is 5.13 Å². The van der Waals surface area contributed by atoms with E-state index in [-0.39, 0.29) is 11.3 Å². The van der Waals surface area contributed by atoms with Gasteiger partial charge in [-0.25, -0.2) is 9.67 Å². The fourth-order valence-electron chi connectivity index (χ4n) is 2.10. The van der Waals surface area contributed by atoms with E-state index in [9.17, 15) is 9.59 Å². The molecule has 0 aliphatic rings. The maximum absolute atomic E-state index is 12.2. The predicted octanol–water partition coefficient (Wildman–Crippen LogP) is 3.39. The number of anilines is 1. The number of nitrogens with zero attached hydrogens (tertiary/aromatic N) is 3. The molecule has 0 atom stereocenters. The number of benzene rings is 1. The Balaban J connectivity index is 1.73. The normalized spacial score (nSPS) is 10.7. The second-order valence-corrected chi connectivity index (χ2v) is 7.14. The first-order valence-electron chi connectivity index (χ1n) is 7.17. The lowest BCUT2D eigenvalue weighted by Crippen LogP contribution is -2.23. The summed E-state index contributed by atoms with van der Waals surface area (Å²) in [6.07, 6.45) is 2.23. The number of aryl methyl sites for hydroxylation is 1. The van der Waals surface area contributed by atoms with Gasteiger partial charge in [-0.2, -0.15) is 5.10 Å². The molecule has 0 spiro atoms. The molecule has 1 aromatic carbocycles. The Morgan fingerprint density at radius 1 is 1.28 bits per heavy atom. The van der Waals surface area contributed by atoms with Crippen LogP contribution < -0.4 is 10.9 Å². The highest BCUT2D eigenvalue weighted by Crippen LogP contribution is 2.27. The molecule has 2 aromatic heterocycles. The lowest BCUT2D eigenvalue weighted by Gasteiger charge is -2.03. The third kappa shape index (κ3) is 4.25. The summed E-state index contributed by atoms with van der Waals surface area (Å²) in [6.45, 7) is 0. The summed E-state index contributed by atoms with van der Waals surface area (Å²) in [5.41, 5.74) is 0.735. The minimum absolute atomic E-state index is 0.136. The molecule has 0 saturated carbocycles. The molecule has 128 valence electrons. The van der Waals surface area contributed by atoms with E-state index >= 15 is 0 Å². The Hall–Kier alpha value is -2.22. The summed E-state index contributed by atoms with van der Waals surface area (Å²) in [5.74, 6) is -0.433. The van der Waals surface area contributed by atoms with Crippen LogP contribution in [0.2, 0.25) is 10.0 Å². The van der Waals surface area contributed by atoms with Crippen molar-refractivity contribution in [1.29, 1.82) is 0 Å². The predicted molar refractivity (Wildman–Crippen MR) is 98.8 cm³/mol. The molecule has 0 bridgehead atoms. The summed E-state index contributed by atoms with van der Waals surface area (Å²) < 4.78 is 1.10. The molecule has 0 saturated heterocycles. The van der Waals surface area contributed by atoms with Crippen molar-refractivity contribution >= 4 is 45.6 Å². The lowest BCUT2D eigenvalue weighted by molar-refractivity contribution is 0.102. The Labute approximate surface area is 157 Å². The van der Waals surface area contributed by atoms with Gasteiger partial charge in [0.05, 0.1) is 0 Å². The van der Waals surface area contributed by atoms with Crippen LogP contribution in [0.25, 0.3) is 0 Å². The van der Waals surface area contributed by atoms with E-state index in [0.717, 1.165) is 15.1 Å². The third-order valence-electron chi connectivity index (χ3n) is 3.34. The van der Waals surface area contributed by atoms with E-state index in [1.807, 2.05) is 0 Å². The van der Waals surface area contributed by atoms with Crippen molar-refractivity contribution in [2.75, 3.05) is 5.32 Å². The van der Waals surface area contributed by atoms with Gasteiger partial charge in [-0.1, -0.05) is 23.2 Å². The first-order chi connectivity index (χ1) is 11.9. The first kappa shape index (κ1) is 17.6. The fourth-order valence-corrected chi connectivity index (χ4v) is 3.31. The Bertz CT molecular complexity index is 1000. The number of carbonyl (C=O) groups excluding carboxylic acids is 1. The number of amides is 1. The number of halogens is 2. The maximum Gasteiger partial charge on any atom is 0.277 e. The smallest absolute Gasteiger partial charge is 0.277 e. The SMILES string of the molecule is Cn1nc(C(=O)Nc2ncc(Cc3cc(Cl)ccc3Cl)s2)ccc1=O. The van der Waals surface area contributed by atoms with Crippen LogP contribution in [-0.4, -0.2) is 20.7 Å². The number of hydrogen-bond acceptors (Lipinski definition) is 5. The fraction of sp³-hybridized carbons (Fsp3) is 0.125. The van der Waals surface area contributed by atoms with Crippen LogP contribution in [0.1, 0.15) is 20.9 Å². The van der Waals surface area contributed by atoms with Crippen molar-refractivity contribution in [3.8, 4) is 0 Å². The van der Waals surface area contributed by atoms with E-state index < -0.39 is 5.91 Å². The van der Waals surface area contributed by atoms with Crippen LogP contribution in [0, 0.1) is 0 Å². The molecule has 0 fully saturated rings. The van der Waals surface area contributed by atoms with E-state index in [1.54, 1.807) is 24.4 Å². The zero-order valence-electron chi connectivity index (χ0n) is 13.0. The van der Waals surface area contributed by atoms with Crippen LogP contribution >= 0.6 is 34.5 Å². The van der Waals surface area contributed by atoms with Gasteiger partial charge in [0.2, 0.25) is 0 Å². The minimum atomic E-state index is -0.433. The minimum Gasteiger partial charge on any atom is -0.296 e. The third-order valence-corrected chi connectivity index (χ3v) is 4.86.